The number of terminal acetylenes is 1. The Labute approximate surface area is 62.5 Å². The Morgan fingerprint density at radius 2 is 1.50 bits per heavy atom. The van der Waals surface area contributed by atoms with Crippen LogP contribution in [0.15, 0.2) is 0 Å². The van der Waals surface area contributed by atoms with Crippen molar-refractivity contribution in [2.75, 3.05) is 28.2 Å². The van der Waals surface area contributed by atoms with E-state index in [-0.39, 0.29) is 0 Å². The van der Waals surface area contributed by atoms with Crippen molar-refractivity contribution in [1.29, 1.82) is 0 Å². The smallest absolute Gasteiger partial charge is 0.274 e. The molecule has 0 aromatic carbocycles. The summed E-state index contributed by atoms with van der Waals surface area (Å²) < 4.78 is 14.7. The maximum absolute atomic E-state index is 11.6. The molecule has 0 unspecified atom stereocenters. The molecule has 0 aliphatic rings. The van der Waals surface area contributed by atoms with E-state index in [1.165, 1.54) is 0 Å². The van der Waals surface area contributed by atoms with Crippen molar-refractivity contribution in [3.8, 4) is 12.1 Å². The lowest BCUT2D eigenvalue weighted by Crippen LogP contribution is -2.19. The van der Waals surface area contributed by atoms with Gasteiger partial charge in [-0.15, -0.1) is 6.42 Å². The summed E-state index contributed by atoms with van der Waals surface area (Å²) in [5, 5.41) is 0. The van der Waals surface area contributed by atoms with Gasteiger partial charge in [0.15, 0.2) is 0 Å². The highest BCUT2D eigenvalue weighted by Crippen LogP contribution is 2.47. The molecule has 0 fully saturated rings. The molecule has 58 valence electrons. The lowest BCUT2D eigenvalue weighted by Gasteiger charge is -2.24. The summed E-state index contributed by atoms with van der Waals surface area (Å²) >= 11 is 0. The van der Waals surface area contributed by atoms with Gasteiger partial charge in [0.25, 0.3) is 7.44 Å². The van der Waals surface area contributed by atoms with E-state index < -0.39 is 7.44 Å². The number of rotatable bonds is 2. The Morgan fingerprint density at radius 1 is 1.20 bits per heavy atom. The van der Waals surface area contributed by atoms with Crippen LogP contribution in [0, 0.1) is 12.1 Å². The second-order valence-electron chi connectivity index (χ2n) is 2.37. The maximum atomic E-state index is 11.6. The van der Waals surface area contributed by atoms with Crippen LogP contribution < -0.4 is 0 Å². The second-order valence-corrected chi connectivity index (χ2v) is 5.31. The van der Waals surface area contributed by atoms with Crippen LogP contribution in [0.2, 0.25) is 0 Å². The van der Waals surface area contributed by atoms with Crippen molar-refractivity contribution in [2.24, 2.45) is 0 Å². The van der Waals surface area contributed by atoms with Crippen molar-refractivity contribution >= 4 is 7.44 Å². The normalized spacial score (nSPS) is 12.1. The van der Waals surface area contributed by atoms with Gasteiger partial charge in [0, 0.05) is 0 Å². The highest BCUT2D eigenvalue weighted by molar-refractivity contribution is 7.64. The van der Waals surface area contributed by atoms with Crippen molar-refractivity contribution < 1.29 is 4.57 Å². The highest BCUT2D eigenvalue weighted by Gasteiger charge is 2.24. The molecule has 0 amide bonds. The third-order valence-corrected chi connectivity index (χ3v) is 3.76. The quantitative estimate of drug-likeness (QED) is 0.443. The first-order chi connectivity index (χ1) is 4.45. The fourth-order valence-corrected chi connectivity index (χ4v) is 1.77. The number of nitrogens with zero attached hydrogens (tertiary/aromatic N) is 2. The van der Waals surface area contributed by atoms with Crippen molar-refractivity contribution in [1.82, 2.24) is 9.34 Å². The first-order valence-corrected chi connectivity index (χ1v) is 4.50. The van der Waals surface area contributed by atoms with Gasteiger partial charge in [-0.25, -0.2) is 9.34 Å². The average Bonchev–Trinajstić information content (AvgIpc) is 1.85. The van der Waals surface area contributed by atoms with Crippen LogP contribution in [-0.4, -0.2) is 37.5 Å². The van der Waals surface area contributed by atoms with Crippen molar-refractivity contribution in [3.63, 3.8) is 0 Å². The zero-order valence-electron chi connectivity index (χ0n) is 6.83. The summed E-state index contributed by atoms with van der Waals surface area (Å²) in [5.41, 5.74) is 2.28. The van der Waals surface area contributed by atoms with E-state index in [1.807, 2.05) is 0 Å². The molecule has 0 aliphatic carbocycles. The maximum Gasteiger partial charge on any atom is 0.286 e. The second kappa shape index (κ2) is 3.21. The summed E-state index contributed by atoms with van der Waals surface area (Å²) in [6.45, 7) is 0. The van der Waals surface area contributed by atoms with Crippen LogP contribution in [0.1, 0.15) is 0 Å². The summed E-state index contributed by atoms with van der Waals surface area (Å²) in [7, 11) is 4.19. The lowest BCUT2D eigenvalue weighted by molar-refractivity contribution is 0.461. The van der Waals surface area contributed by atoms with Gasteiger partial charge in [0.05, 0.1) is 0 Å². The van der Waals surface area contributed by atoms with Gasteiger partial charge in [-0.1, -0.05) is 0 Å². The van der Waals surface area contributed by atoms with E-state index >= 15 is 0 Å². The molecule has 0 spiro atoms. The first-order valence-electron chi connectivity index (χ1n) is 2.88. The summed E-state index contributed by atoms with van der Waals surface area (Å²) in [5.74, 6) is 0. The van der Waals surface area contributed by atoms with Crippen LogP contribution in [0.3, 0.4) is 0 Å². The fraction of sp³-hybridized carbons (Fsp3) is 0.667. The standard InChI is InChI=1S/C6H13N2OP/c1-6-10(9,7(2)3)8(4)5/h1H,2-5H3. The van der Waals surface area contributed by atoms with Crippen LogP contribution in [0.25, 0.3) is 0 Å². The SMILES string of the molecule is C#CP(=O)(N(C)C)N(C)C. The molecular weight excluding hydrogens is 147 g/mol. The van der Waals surface area contributed by atoms with Crippen LogP contribution >= 0.6 is 7.44 Å². The minimum Gasteiger partial charge on any atom is -0.274 e. The van der Waals surface area contributed by atoms with Gasteiger partial charge in [-0.05, 0) is 33.9 Å². The summed E-state index contributed by atoms with van der Waals surface area (Å²) in [6.07, 6.45) is 5.11. The lowest BCUT2D eigenvalue weighted by atomic mass is 11.3. The molecule has 10 heavy (non-hydrogen) atoms. The molecule has 0 aromatic rings. The molecule has 0 aromatic heterocycles. The Hall–Kier alpha value is -0.290. The molecule has 0 N–H and O–H groups in total. The summed E-state index contributed by atoms with van der Waals surface area (Å²) in [4.78, 5) is 0. The molecule has 3 nitrogen and oxygen atoms in total. The summed E-state index contributed by atoms with van der Waals surface area (Å²) in [6, 6.07) is 0. The molecule has 0 atom stereocenters. The third kappa shape index (κ3) is 1.60. The van der Waals surface area contributed by atoms with Gasteiger partial charge < -0.3 is 0 Å². The molecule has 0 radical (unpaired) electrons. The van der Waals surface area contributed by atoms with Crippen molar-refractivity contribution in [3.05, 3.63) is 0 Å². The fourth-order valence-electron chi connectivity index (χ4n) is 0.589. The monoisotopic (exact) mass is 160 g/mol. The molecule has 4 heteroatoms. The zero-order valence-corrected chi connectivity index (χ0v) is 7.72. The molecule has 0 saturated heterocycles. The van der Waals surface area contributed by atoms with Crippen LogP contribution in [0.4, 0.5) is 0 Å². The van der Waals surface area contributed by atoms with Gasteiger partial charge in [0.2, 0.25) is 0 Å². The molecule has 0 saturated carbocycles. The van der Waals surface area contributed by atoms with E-state index in [9.17, 15) is 4.57 Å². The molecule has 0 aliphatic heterocycles. The van der Waals surface area contributed by atoms with E-state index in [1.54, 1.807) is 37.5 Å². The van der Waals surface area contributed by atoms with E-state index in [4.69, 9.17) is 6.42 Å². The Kier molecular flexibility index (Phi) is 3.11. The first kappa shape index (κ1) is 9.71. The minimum absolute atomic E-state index is 1.56. The van der Waals surface area contributed by atoms with E-state index in [2.05, 4.69) is 5.66 Å². The topological polar surface area (TPSA) is 23.6 Å². The Morgan fingerprint density at radius 3 is 1.50 bits per heavy atom. The van der Waals surface area contributed by atoms with Crippen LogP contribution in [-0.2, 0) is 4.57 Å². The Balaban J connectivity index is 4.62. The zero-order chi connectivity index (χ0) is 8.36. The van der Waals surface area contributed by atoms with Gasteiger partial charge in [0.1, 0.15) is 0 Å². The number of hydrogen-bond donors (Lipinski definition) is 0. The molecule has 0 rings (SSSR count). The number of hydrogen-bond acceptors (Lipinski definition) is 1. The van der Waals surface area contributed by atoms with Gasteiger partial charge in [-0.2, -0.15) is 0 Å². The predicted octanol–water partition coefficient (Wildman–Crippen LogP) is 0.893. The highest BCUT2D eigenvalue weighted by atomic mass is 31.2. The van der Waals surface area contributed by atoms with Gasteiger partial charge in [-0.3, -0.25) is 4.57 Å². The molecule has 0 heterocycles. The minimum atomic E-state index is -2.65. The predicted molar refractivity (Wildman–Crippen MR) is 43.8 cm³/mol. The van der Waals surface area contributed by atoms with Crippen molar-refractivity contribution in [2.45, 2.75) is 0 Å². The van der Waals surface area contributed by atoms with E-state index in [0.717, 1.165) is 0 Å². The Bertz CT molecular complexity index is 180. The molecular formula is C6H13N2OP. The van der Waals surface area contributed by atoms with Crippen LogP contribution in [0.5, 0.6) is 0 Å². The van der Waals surface area contributed by atoms with E-state index in [0.29, 0.717) is 0 Å². The van der Waals surface area contributed by atoms with Gasteiger partial charge >= 0.3 is 0 Å². The average molecular weight is 160 g/mol. The third-order valence-electron chi connectivity index (χ3n) is 1.25. The largest absolute Gasteiger partial charge is 0.286 e. The molecule has 0 bridgehead atoms.